The lowest BCUT2D eigenvalue weighted by atomic mass is 10.2. The molecule has 4 rings (SSSR count). The molecular formula is C28H31ClN4O5. The number of carbonyl (C=O) groups is 2. The number of benzene rings is 2. The summed E-state index contributed by atoms with van der Waals surface area (Å²) in [4.78, 5) is 44.1. The van der Waals surface area contributed by atoms with Crippen LogP contribution in [0.1, 0.15) is 37.1 Å². The Bertz CT molecular complexity index is 1370. The van der Waals surface area contributed by atoms with Crippen LogP contribution in [-0.4, -0.2) is 46.0 Å². The van der Waals surface area contributed by atoms with Gasteiger partial charge in [-0.05, 0) is 69.5 Å². The number of nitrogens with one attached hydrogen (secondary N) is 1. The van der Waals surface area contributed by atoms with E-state index in [1.54, 1.807) is 37.3 Å². The minimum Gasteiger partial charge on any atom is -0.490 e. The number of anilines is 1. The second-order valence-corrected chi connectivity index (χ2v) is 9.62. The molecule has 2 heterocycles. The van der Waals surface area contributed by atoms with Crippen LogP contribution in [0.25, 0.3) is 0 Å². The van der Waals surface area contributed by atoms with Crippen molar-refractivity contribution in [2.45, 2.75) is 46.1 Å². The molecule has 0 saturated heterocycles. The second kappa shape index (κ2) is 12.6. The Hall–Kier alpha value is -3.85. The Morgan fingerprint density at radius 2 is 1.82 bits per heavy atom. The highest BCUT2D eigenvalue weighted by molar-refractivity contribution is 6.31. The number of rotatable bonds is 3. The Morgan fingerprint density at radius 3 is 2.61 bits per heavy atom. The van der Waals surface area contributed by atoms with Crippen LogP contribution in [0.15, 0.2) is 53.3 Å². The van der Waals surface area contributed by atoms with E-state index >= 15 is 0 Å². The first kappa shape index (κ1) is 27.2. The first-order valence-corrected chi connectivity index (χ1v) is 13.0. The van der Waals surface area contributed by atoms with Crippen molar-refractivity contribution in [2.24, 2.45) is 0 Å². The van der Waals surface area contributed by atoms with Crippen molar-refractivity contribution in [2.75, 3.05) is 25.0 Å². The van der Waals surface area contributed by atoms with E-state index in [-0.39, 0.29) is 37.0 Å². The first-order chi connectivity index (χ1) is 18.3. The van der Waals surface area contributed by atoms with Gasteiger partial charge in [0.1, 0.15) is 0 Å². The lowest BCUT2D eigenvalue weighted by Crippen LogP contribution is -2.39. The van der Waals surface area contributed by atoms with Gasteiger partial charge >= 0.3 is 5.69 Å². The van der Waals surface area contributed by atoms with Crippen LogP contribution in [0.2, 0.25) is 5.02 Å². The highest BCUT2D eigenvalue weighted by Gasteiger charge is 2.20. The van der Waals surface area contributed by atoms with Crippen LogP contribution in [0, 0.1) is 13.8 Å². The minimum absolute atomic E-state index is 0.0721. The fraction of sp³-hybridized carbons (Fsp3) is 0.357. The quantitative estimate of drug-likeness (QED) is 0.517. The van der Waals surface area contributed by atoms with Gasteiger partial charge in [0.25, 0.3) is 0 Å². The molecule has 0 fully saturated rings. The molecule has 9 nitrogen and oxygen atoms in total. The summed E-state index contributed by atoms with van der Waals surface area (Å²) in [6, 6.07) is 14.1. The van der Waals surface area contributed by atoms with Crippen LogP contribution in [-0.2, 0) is 16.1 Å². The van der Waals surface area contributed by atoms with E-state index < -0.39 is 0 Å². The fourth-order valence-corrected chi connectivity index (χ4v) is 4.46. The van der Waals surface area contributed by atoms with E-state index in [1.807, 2.05) is 25.1 Å². The smallest absolute Gasteiger partial charge is 0.347 e. The maximum atomic E-state index is 13.2. The number of hydrogen-bond donors (Lipinski definition) is 1. The molecule has 1 aliphatic heterocycles. The van der Waals surface area contributed by atoms with Crippen molar-refractivity contribution >= 4 is 29.1 Å². The van der Waals surface area contributed by atoms with Crippen molar-refractivity contribution < 1.29 is 19.1 Å². The van der Waals surface area contributed by atoms with Gasteiger partial charge < -0.3 is 19.7 Å². The highest BCUT2D eigenvalue weighted by Crippen LogP contribution is 2.36. The predicted octanol–water partition coefficient (Wildman–Crippen LogP) is 4.73. The Kier molecular flexibility index (Phi) is 9.02. The number of aromatic nitrogens is 2. The van der Waals surface area contributed by atoms with Gasteiger partial charge in [0.2, 0.25) is 11.8 Å². The van der Waals surface area contributed by atoms with Gasteiger partial charge in [-0.2, -0.15) is 4.98 Å². The summed E-state index contributed by atoms with van der Waals surface area (Å²) >= 11 is 6.20. The summed E-state index contributed by atoms with van der Waals surface area (Å²) in [6.45, 7) is 4.50. The summed E-state index contributed by atoms with van der Waals surface area (Å²) < 4.78 is 13.5. The summed E-state index contributed by atoms with van der Waals surface area (Å²) in [5, 5.41) is 3.26. The molecule has 0 radical (unpaired) electrons. The Labute approximate surface area is 226 Å². The van der Waals surface area contributed by atoms with Gasteiger partial charge in [-0.15, -0.1) is 0 Å². The van der Waals surface area contributed by atoms with Crippen molar-refractivity contribution in [3.63, 3.8) is 0 Å². The number of amides is 2. The zero-order chi connectivity index (χ0) is 27.1. The molecular weight excluding hydrogens is 508 g/mol. The van der Waals surface area contributed by atoms with Crippen molar-refractivity contribution in [3.8, 4) is 17.2 Å². The monoisotopic (exact) mass is 538 g/mol. The number of para-hydroxylation sites is 2. The van der Waals surface area contributed by atoms with Crippen molar-refractivity contribution in [3.05, 3.63) is 75.4 Å². The molecule has 38 heavy (non-hydrogen) atoms. The number of nitrogens with zero attached hydrogens (tertiary/aromatic N) is 3. The lowest BCUT2D eigenvalue weighted by Gasteiger charge is -2.23. The summed E-state index contributed by atoms with van der Waals surface area (Å²) in [5.74, 6) is 0.918. The van der Waals surface area contributed by atoms with Gasteiger partial charge in [-0.1, -0.05) is 23.7 Å². The summed E-state index contributed by atoms with van der Waals surface area (Å²) in [6.07, 6.45) is 2.36. The van der Waals surface area contributed by atoms with Gasteiger partial charge in [0, 0.05) is 35.9 Å². The number of carbonyl (C=O) groups excluding carboxylic acids is 2. The van der Waals surface area contributed by atoms with Crippen LogP contribution in [0.4, 0.5) is 5.69 Å². The van der Waals surface area contributed by atoms with E-state index in [4.69, 9.17) is 21.1 Å². The molecule has 200 valence electrons. The summed E-state index contributed by atoms with van der Waals surface area (Å²) in [5.41, 5.74) is 1.36. The van der Waals surface area contributed by atoms with E-state index in [0.29, 0.717) is 53.2 Å². The Morgan fingerprint density at radius 1 is 1.03 bits per heavy atom. The normalized spacial score (nSPS) is 14.6. The third kappa shape index (κ3) is 7.13. The fourth-order valence-electron chi connectivity index (χ4n) is 4.29. The lowest BCUT2D eigenvalue weighted by molar-refractivity contribution is -0.135. The van der Waals surface area contributed by atoms with Crippen LogP contribution in [0.3, 0.4) is 0 Å². The van der Waals surface area contributed by atoms with E-state index in [2.05, 4.69) is 10.3 Å². The maximum Gasteiger partial charge on any atom is 0.347 e. The van der Waals surface area contributed by atoms with Gasteiger partial charge in [0.15, 0.2) is 17.2 Å². The molecule has 1 aromatic heterocycles. The Balaban J connectivity index is 1.53. The largest absolute Gasteiger partial charge is 0.490 e. The van der Waals surface area contributed by atoms with Crippen molar-refractivity contribution in [1.82, 2.24) is 14.5 Å². The topological polar surface area (TPSA) is 103 Å². The number of aryl methyl sites for hydroxylation is 2. The molecule has 1 aliphatic rings. The van der Waals surface area contributed by atoms with Crippen LogP contribution in [0.5, 0.6) is 17.2 Å². The molecule has 2 amide bonds. The average Bonchev–Trinajstić information content (AvgIpc) is 2.87. The van der Waals surface area contributed by atoms with Crippen molar-refractivity contribution in [1.29, 1.82) is 0 Å². The first-order valence-electron chi connectivity index (χ1n) is 12.6. The molecule has 0 unspecified atom stereocenters. The minimum atomic E-state index is -0.389. The third-order valence-electron chi connectivity index (χ3n) is 6.20. The van der Waals surface area contributed by atoms with E-state index in [0.717, 1.165) is 18.5 Å². The highest BCUT2D eigenvalue weighted by atomic mass is 35.5. The molecule has 1 N–H and O–H groups in total. The molecule has 2 aromatic carbocycles. The third-order valence-corrected chi connectivity index (χ3v) is 6.43. The van der Waals surface area contributed by atoms with Gasteiger partial charge in [-0.3, -0.25) is 14.2 Å². The standard InChI is InChI=1S/C28H31ClN4O5/c1-19-16-20(2)33(28(36)30-19)14-12-27(35)32-13-6-3-7-15-37-24-8-4-5-9-25(24)38-23-11-10-21(29)17-22(23)31-26(34)18-32/h4-5,8-11,16-17H,3,6-7,12-15,18H2,1-2H3,(H,31,34). The van der Waals surface area contributed by atoms with E-state index in [9.17, 15) is 14.4 Å². The molecule has 10 heteroatoms. The zero-order valence-corrected chi connectivity index (χ0v) is 22.3. The number of hydrogen-bond acceptors (Lipinski definition) is 6. The second-order valence-electron chi connectivity index (χ2n) is 9.18. The average molecular weight is 539 g/mol. The van der Waals surface area contributed by atoms with Crippen LogP contribution >= 0.6 is 11.6 Å². The SMILES string of the molecule is Cc1cc(C)n(CCC(=O)N2CCCCCOc3ccccc3Oc3ccc(Cl)cc3NC(=O)C2)c(=O)n1. The predicted molar refractivity (Wildman–Crippen MR) is 145 cm³/mol. The molecule has 0 spiro atoms. The van der Waals surface area contributed by atoms with Gasteiger partial charge in [0.05, 0.1) is 18.8 Å². The number of fused-ring (bicyclic) bond motifs is 2. The van der Waals surface area contributed by atoms with E-state index in [1.165, 1.54) is 9.47 Å². The molecule has 3 aromatic rings. The molecule has 0 aliphatic carbocycles. The maximum absolute atomic E-state index is 13.2. The zero-order valence-electron chi connectivity index (χ0n) is 21.5. The van der Waals surface area contributed by atoms with Crippen LogP contribution < -0.4 is 20.5 Å². The number of halogens is 1. The van der Waals surface area contributed by atoms with Gasteiger partial charge in [-0.25, -0.2) is 4.79 Å². The molecule has 0 saturated carbocycles. The summed E-state index contributed by atoms with van der Waals surface area (Å²) in [7, 11) is 0. The molecule has 0 bridgehead atoms. The molecule has 0 atom stereocenters. The number of ether oxygens (including phenoxy) is 2.